The fourth-order valence-corrected chi connectivity index (χ4v) is 2.35. The van der Waals surface area contributed by atoms with E-state index in [4.69, 9.17) is 0 Å². The third-order valence-corrected chi connectivity index (χ3v) is 3.52. The second-order valence-corrected chi connectivity index (χ2v) is 5.06. The average Bonchev–Trinajstić information content (AvgIpc) is 3.04. The summed E-state index contributed by atoms with van der Waals surface area (Å²) in [5, 5.41) is 13.4. The molecule has 0 fully saturated rings. The number of fused-ring (bicyclic) bond motifs is 1. The number of carbonyl (C=O) groups is 1. The Bertz CT molecular complexity index is 682. The molecule has 110 valence electrons. The third-order valence-electron chi connectivity index (χ3n) is 3.52. The Labute approximate surface area is 121 Å². The standard InChI is InChI=1S/C14H16FN5O/c1-9-4-5-10(7-11(9)15)17-14(21)16-8-13-19-18-12-3-2-6-20(12)13/h4-5,7H,2-3,6,8H2,1H3,(H2,16,17,21). The molecule has 0 aliphatic carbocycles. The second kappa shape index (κ2) is 5.51. The first-order chi connectivity index (χ1) is 10.1. The number of halogens is 1. The Kier molecular flexibility index (Phi) is 3.55. The van der Waals surface area contributed by atoms with E-state index in [0.717, 1.165) is 31.0 Å². The van der Waals surface area contributed by atoms with E-state index in [1.807, 2.05) is 4.57 Å². The van der Waals surface area contributed by atoms with Crippen LogP contribution in [0.25, 0.3) is 0 Å². The number of aryl methyl sites for hydroxylation is 2. The normalized spacial score (nSPS) is 13.0. The van der Waals surface area contributed by atoms with Crippen molar-refractivity contribution >= 4 is 11.7 Å². The second-order valence-electron chi connectivity index (χ2n) is 5.06. The van der Waals surface area contributed by atoms with Crippen LogP contribution in [0.1, 0.15) is 23.6 Å². The van der Waals surface area contributed by atoms with E-state index < -0.39 is 6.03 Å². The first-order valence-corrected chi connectivity index (χ1v) is 6.85. The minimum absolute atomic E-state index is 0.299. The number of nitrogens with one attached hydrogen (secondary N) is 2. The molecular weight excluding hydrogens is 273 g/mol. The number of hydrogen-bond acceptors (Lipinski definition) is 3. The molecule has 21 heavy (non-hydrogen) atoms. The van der Waals surface area contributed by atoms with Gasteiger partial charge in [-0.3, -0.25) is 0 Å². The molecule has 0 radical (unpaired) electrons. The van der Waals surface area contributed by atoms with Crippen LogP contribution >= 0.6 is 0 Å². The summed E-state index contributed by atoms with van der Waals surface area (Å²) in [7, 11) is 0. The van der Waals surface area contributed by atoms with E-state index in [1.54, 1.807) is 19.1 Å². The van der Waals surface area contributed by atoms with Crippen molar-refractivity contribution in [2.75, 3.05) is 5.32 Å². The van der Waals surface area contributed by atoms with E-state index in [9.17, 15) is 9.18 Å². The highest BCUT2D eigenvalue weighted by atomic mass is 19.1. The molecule has 0 spiro atoms. The van der Waals surface area contributed by atoms with Crippen molar-refractivity contribution in [3.63, 3.8) is 0 Å². The van der Waals surface area contributed by atoms with Crippen LogP contribution in [0.5, 0.6) is 0 Å². The number of rotatable bonds is 3. The predicted octanol–water partition coefficient (Wildman–Crippen LogP) is 1.99. The van der Waals surface area contributed by atoms with Crippen LogP contribution in [0.4, 0.5) is 14.9 Å². The molecule has 0 atom stereocenters. The number of benzene rings is 1. The Morgan fingerprint density at radius 1 is 1.43 bits per heavy atom. The molecule has 2 N–H and O–H groups in total. The number of hydrogen-bond donors (Lipinski definition) is 2. The van der Waals surface area contributed by atoms with Gasteiger partial charge in [0.15, 0.2) is 5.82 Å². The topological polar surface area (TPSA) is 71.8 Å². The number of amides is 2. The zero-order valence-electron chi connectivity index (χ0n) is 11.7. The van der Waals surface area contributed by atoms with Crippen molar-refractivity contribution in [3.8, 4) is 0 Å². The number of nitrogens with zero attached hydrogens (tertiary/aromatic N) is 3. The Morgan fingerprint density at radius 2 is 2.29 bits per heavy atom. The SMILES string of the molecule is Cc1ccc(NC(=O)NCc2nnc3n2CCC3)cc1F. The number of urea groups is 1. The molecule has 2 amide bonds. The summed E-state index contributed by atoms with van der Waals surface area (Å²) >= 11 is 0. The molecule has 7 heteroatoms. The summed E-state index contributed by atoms with van der Waals surface area (Å²) in [5.74, 6) is 1.36. The van der Waals surface area contributed by atoms with Crippen molar-refractivity contribution in [1.82, 2.24) is 20.1 Å². The molecule has 3 rings (SSSR count). The van der Waals surface area contributed by atoms with E-state index in [1.165, 1.54) is 6.07 Å². The van der Waals surface area contributed by atoms with Crippen LogP contribution in [0.3, 0.4) is 0 Å². The van der Waals surface area contributed by atoms with Crippen molar-refractivity contribution in [2.24, 2.45) is 0 Å². The summed E-state index contributed by atoms with van der Waals surface area (Å²) < 4.78 is 15.4. The molecule has 6 nitrogen and oxygen atoms in total. The highest BCUT2D eigenvalue weighted by Gasteiger charge is 2.17. The van der Waals surface area contributed by atoms with E-state index in [-0.39, 0.29) is 5.82 Å². The molecule has 1 aromatic heterocycles. The number of carbonyl (C=O) groups excluding carboxylic acids is 1. The quantitative estimate of drug-likeness (QED) is 0.907. The van der Waals surface area contributed by atoms with Crippen LogP contribution in [0.2, 0.25) is 0 Å². The van der Waals surface area contributed by atoms with Gasteiger partial charge in [0.2, 0.25) is 0 Å². The van der Waals surface area contributed by atoms with Crippen LogP contribution in [0.15, 0.2) is 18.2 Å². The van der Waals surface area contributed by atoms with Crippen LogP contribution < -0.4 is 10.6 Å². The molecule has 1 aliphatic rings. The monoisotopic (exact) mass is 289 g/mol. The minimum Gasteiger partial charge on any atom is -0.331 e. The third kappa shape index (κ3) is 2.86. The summed E-state index contributed by atoms with van der Waals surface area (Å²) in [6.07, 6.45) is 1.99. The highest BCUT2D eigenvalue weighted by Crippen LogP contribution is 2.15. The maximum absolute atomic E-state index is 13.4. The summed E-state index contributed by atoms with van der Waals surface area (Å²) in [4.78, 5) is 11.8. The molecule has 1 aliphatic heterocycles. The lowest BCUT2D eigenvalue weighted by Crippen LogP contribution is -2.29. The van der Waals surface area contributed by atoms with Crippen molar-refractivity contribution < 1.29 is 9.18 Å². The smallest absolute Gasteiger partial charge is 0.319 e. The summed E-state index contributed by atoms with van der Waals surface area (Å²) in [5.41, 5.74) is 0.960. The van der Waals surface area contributed by atoms with Gasteiger partial charge in [0.1, 0.15) is 11.6 Å². The van der Waals surface area contributed by atoms with Gasteiger partial charge in [-0.1, -0.05) is 6.07 Å². The van der Waals surface area contributed by atoms with Gasteiger partial charge < -0.3 is 15.2 Å². The zero-order valence-corrected chi connectivity index (χ0v) is 11.7. The fraction of sp³-hybridized carbons (Fsp3) is 0.357. The molecule has 2 heterocycles. The van der Waals surface area contributed by atoms with Gasteiger partial charge in [0.25, 0.3) is 0 Å². The lowest BCUT2D eigenvalue weighted by molar-refractivity contribution is 0.251. The minimum atomic E-state index is -0.395. The Morgan fingerprint density at radius 3 is 3.10 bits per heavy atom. The first-order valence-electron chi connectivity index (χ1n) is 6.85. The van der Waals surface area contributed by atoms with E-state index in [2.05, 4.69) is 20.8 Å². The fourth-order valence-electron chi connectivity index (χ4n) is 2.35. The van der Waals surface area contributed by atoms with E-state index in [0.29, 0.717) is 17.8 Å². The van der Waals surface area contributed by atoms with Crippen LogP contribution in [0, 0.1) is 12.7 Å². The molecule has 2 aromatic rings. The highest BCUT2D eigenvalue weighted by molar-refractivity contribution is 5.89. The predicted molar refractivity (Wildman–Crippen MR) is 75.3 cm³/mol. The van der Waals surface area contributed by atoms with Crippen molar-refractivity contribution in [2.45, 2.75) is 32.9 Å². The number of anilines is 1. The zero-order chi connectivity index (χ0) is 14.8. The maximum Gasteiger partial charge on any atom is 0.319 e. The van der Waals surface area contributed by atoms with Crippen LogP contribution in [-0.2, 0) is 19.5 Å². The van der Waals surface area contributed by atoms with Gasteiger partial charge in [0.05, 0.1) is 6.54 Å². The molecule has 0 saturated carbocycles. The average molecular weight is 289 g/mol. The van der Waals surface area contributed by atoms with Gasteiger partial charge in [-0.15, -0.1) is 10.2 Å². The molecule has 0 unspecified atom stereocenters. The Balaban J connectivity index is 1.58. The Hall–Kier alpha value is -2.44. The molecule has 1 aromatic carbocycles. The molecule has 0 saturated heterocycles. The first kappa shape index (κ1) is 13.5. The van der Waals surface area contributed by atoms with Gasteiger partial charge in [-0.2, -0.15) is 0 Å². The molecular formula is C14H16FN5O. The lowest BCUT2D eigenvalue weighted by atomic mass is 10.2. The largest absolute Gasteiger partial charge is 0.331 e. The van der Waals surface area contributed by atoms with Gasteiger partial charge in [-0.05, 0) is 31.0 Å². The van der Waals surface area contributed by atoms with Crippen molar-refractivity contribution in [1.29, 1.82) is 0 Å². The van der Waals surface area contributed by atoms with Crippen LogP contribution in [-0.4, -0.2) is 20.8 Å². The van der Waals surface area contributed by atoms with Gasteiger partial charge in [0, 0.05) is 18.7 Å². The van der Waals surface area contributed by atoms with Crippen molar-refractivity contribution in [3.05, 3.63) is 41.2 Å². The summed E-state index contributed by atoms with van der Waals surface area (Å²) in [6, 6.07) is 4.18. The maximum atomic E-state index is 13.4. The number of aromatic nitrogens is 3. The molecule has 0 bridgehead atoms. The van der Waals surface area contributed by atoms with Gasteiger partial charge in [-0.25, -0.2) is 9.18 Å². The van der Waals surface area contributed by atoms with E-state index >= 15 is 0 Å². The van der Waals surface area contributed by atoms with Gasteiger partial charge >= 0.3 is 6.03 Å². The lowest BCUT2D eigenvalue weighted by Gasteiger charge is -2.08. The summed E-state index contributed by atoms with van der Waals surface area (Å²) in [6.45, 7) is 2.86.